The van der Waals surface area contributed by atoms with Crippen LogP contribution in [0.3, 0.4) is 0 Å². The van der Waals surface area contributed by atoms with Crippen LogP contribution in [0.4, 0.5) is 4.79 Å². The standard InChI is InChI=1S/C16H24N2O4S/c1-4-23(20,21)22-15-8-6-5-7-13(15)11-18(14-9-10-14)16(19)17-12(2)3/h5-8,12,14H,4,9-11H2,1-3H3,(H,17,19). The normalized spacial score (nSPS) is 14.6. The quantitative estimate of drug-likeness (QED) is 0.774. The van der Waals surface area contributed by atoms with Gasteiger partial charge in [-0.2, -0.15) is 8.42 Å². The van der Waals surface area contributed by atoms with E-state index in [0.717, 1.165) is 12.8 Å². The molecule has 23 heavy (non-hydrogen) atoms. The van der Waals surface area contributed by atoms with E-state index < -0.39 is 10.1 Å². The lowest BCUT2D eigenvalue weighted by atomic mass is 10.2. The minimum atomic E-state index is -3.59. The largest absolute Gasteiger partial charge is 0.382 e. The van der Waals surface area contributed by atoms with Gasteiger partial charge in [-0.25, -0.2) is 4.79 Å². The molecule has 2 rings (SSSR count). The van der Waals surface area contributed by atoms with E-state index in [9.17, 15) is 13.2 Å². The maximum Gasteiger partial charge on any atom is 0.318 e. The first-order valence-corrected chi connectivity index (χ1v) is 9.47. The van der Waals surface area contributed by atoms with Crippen LogP contribution in [0.15, 0.2) is 24.3 Å². The molecule has 128 valence electrons. The van der Waals surface area contributed by atoms with Crippen molar-refractivity contribution in [2.45, 2.75) is 52.2 Å². The Bertz CT molecular complexity index is 654. The van der Waals surface area contributed by atoms with Gasteiger partial charge in [0.15, 0.2) is 0 Å². The number of carbonyl (C=O) groups is 1. The third-order valence-electron chi connectivity index (χ3n) is 3.54. The first kappa shape index (κ1) is 17.6. The summed E-state index contributed by atoms with van der Waals surface area (Å²) in [4.78, 5) is 14.1. The Morgan fingerprint density at radius 1 is 1.35 bits per heavy atom. The second kappa shape index (κ2) is 7.21. The van der Waals surface area contributed by atoms with Crippen LogP contribution in [0.25, 0.3) is 0 Å². The Morgan fingerprint density at radius 2 is 2.00 bits per heavy atom. The molecular weight excluding hydrogens is 316 g/mol. The molecule has 0 atom stereocenters. The Balaban J connectivity index is 2.18. The molecule has 0 spiro atoms. The lowest BCUT2D eigenvalue weighted by Gasteiger charge is -2.25. The fourth-order valence-corrected chi connectivity index (χ4v) is 2.73. The van der Waals surface area contributed by atoms with Crippen molar-refractivity contribution in [2.24, 2.45) is 0 Å². The van der Waals surface area contributed by atoms with Gasteiger partial charge in [-0.05, 0) is 39.7 Å². The first-order valence-electron chi connectivity index (χ1n) is 7.89. The fourth-order valence-electron chi connectivity index (χ4n) is 2.18. The third-order valence-corrected chi connectivity index (χ3v) is 4.68. The highest BCUT2D eigenvalue weighted by Crippen LogP contribution is 2.30. The highest BCUT2D eigenvalue weighted by atomic mass is 32.2. The van der Waals surface area contributed by atoms with Gasteiger partial charge in [0, 0.05) is 17.6 Å². The van der Waals surface area contributed by atoms with E-state index in [0.29, 0.717) is 12.1 Å². The summed E-state index contributed by atoms with van der Waals surface area (Å²) in [5.74, 6) is 0.193. The van der Waals surface area contributed by atoms with Crippen LogP contribution >= 0.6 is 0 Å². The average Bonchev–Trinajstić information content (AvgIpc) is 3.29. The van der Waals surface area contributed by atoms with Gasteiger partial charge in [0.2, 0.25) is 0 Å². The Hall–Kier alpha value is -1.76. The van der Waals surface area contributed by atoms with Crippen LogP contribution in [-0.4, -0.2) is 37.2 Å². The second-order valence-electron chi connectivity index (χ2n) is 6.00. The van der Waals surface area contributed by atoms with Crippen molar-refractivity contribution in [2.75, 3.05) is 5.75 Å². The van der Waals surface area contributed by atoms with Crippen molar-refractivity contribution in [3.8, 4) is 5.75 Å². The topological polar surface area (TPSA) is 75.7 Å². The predicted octanol–water partition coefficient (Wildman–Crippen LogP) is 2.50. The van der Waals surface area contributed by atoms with E-state index in [4.69, 9.17) is 4.18 Å². The lowest BCUT2D eigenvalue weighted by molar-refractivity contribution is 0.189. The number of benzene rings is 1. The number of nitrogens with one attached hydrogen (secondary N) is 1. The molecule has 1 fully saturated rings. The minimum absolute atomic E-state index is 0.0516. The summed E-state index contributed by atoms with van der Waals surface area (Å²) in [5.41, 5.74) is 0.690. The van der Waals surface area contributed by atoms with E-state index in [1.165, 1.54) is 6.92 Å². The number of amides is 2. The van der Waals surface area contributed by atoms with Crippen molar-refractivity contribution in [1.82, 2.24) is 10.2 Å². The van der Waals surface area contributed by atoms with Crippen molar-refractivity contribution < 1.29 is 17.4 Å². The summed E-state index contributed by atoms with van der Waals surface area (Å²) >= 11 is 0. The predicted molar refractivity (Wildman–Crippen MR) is 88.8 cm³/mol. The zero-order valence-corrected chi connectivity index (χ0v) is 14.6. The van der Waals surface area contributed by atoms with Crippen LogP contribution in [0.2, 0.25) is 0 Å². The first-order chi connectivity index (χ1) is 10.8. The molecule has 0 heterocycles. The molecule has 0 saturated heterocycles. The summed E-state index contributed by atoms with van der Waals surface area (Å²) in [6, 6.07) is 7.08. The molecule has 0 aromatic heterocycles. The highest BCUT2D eigenvalue weighted by Gasteiger charge is 2.33. The molecule has 0 aliphatic heterocycles. The van der Waals surface area contributed by atoms with Crippen molar-refractivity contribution in [1.29, 1.82) is 0 Å². The number of rotatable bonds is 7. The molecule has 0 radical (unpaired) electrons. The van der Waals surface area contributed by atoms with Gasteiger partial charge in [-0.1, -0.05) is 18.2 Å². The third kappa shape index (κ3) is 5.13. The number of hydrogen-bond acceptors (Lipinski definition) is 4. The van der Waals surface area contributed by atoms with E-state index in [-0.39, 0.29) is 29.6 Å². The summed E-state index contributed by atoms with van der Waals surface area (Å²) in [5, 5.41) is 2.89. The van der Waals surface area contributed by atoms with Crippen LogP contribution in [0.1, 0.15) is 39.2 Å². The van der Waals surface area contributed by atoms with E-state index in [1.54, 1.807) is 23.1 Å². The molecule has 0 bridgehead atoms. The molecule has 1 aromatic carbocycles. The van der Waals surface area contributed by atoms with Crippen LogP contribution in [0, 0.1) is 0 Å². The van der Waals surface area contributed by atoms with E-state index >= 15 is 0 Å². The molecule has 1 saturated carbocycles. The molecular formula is C16H24N2O4S. The van der Waals surface area contributed by atoms with Gasteiger partial charge < -0.3 is 14.4 Å². The summed E-state index contributed by atoms with van der Waals surface area (Å²) in [7, 11) is -3.59. The molecule has 0 unspecified atom stereocenters. The SMILES string of the molecule is CCS(=O)(=O)Oc1ccccc1CN(C(=O)NC(C)C)C1CC1. The summed E-state index contributed by atoms with van der Waals surface area (Å²) in [6.07, 6.45) is 1.95. The number of urea groups is 1. The number of carbonyl (C=O) groups excluding carboxylic acids is 1. The van der Waals surface area contributed by atoms with Gasteiger partial charge in [0.1, 0.15) is 5.75 Å². The van der Waals surface area contributed by atoms with Crippen LogP contribution < -0.4 is 9.50 Å². The van der Waals surface area contributed by atoms with Crippen LogP contribution in [-0.2, 0) is 16.7 Å². The van der Waals surface area contributed by atoms with Crippen LogP contribution in [0.5, 0.6) is 5.75 Å². The van der Waals surface area contributed by atoms with Crippen molar-refractivity contribution in [3.63, 3.8) is 0 Å². The Kier molecular flexibility index (Phi) is 5.51. The molecule has 1 N–H and O–H groups in total. The van der Waals surface area contributed by atoms with Gasteiger partial charge in [-0.3, -0.25) is 0 Å². The molecule has 1 aliphatic rings. The van der Waals surface area contributed by atoms with Gasteiger partial charge in [0.25, 0.3) is 0 Å². The van der Waals surface area contributed by atoms with Gasteiger partial charge in [0.05, 0.1) is 12.3 Å². The molecule has 6 nitrogen and oxygen atoms in total. The molecule has 1 aliphatic carbocycles. The zero-order chi connectivity index (χ0) is 17.0. The summed E-state index contributed by atoms with van der Waals surface area (Å²) < 4.78 is 28.6. The van der Waals surface area contributed by atoms with E-state index in [2.05, 4.69) is 5.32 Å². The Morgan fingerprint density at radius 3 is 2.57 bits per heavy atom. The van der Waals surface area contributed by atoms with Gasteiger partial charge in [-0.15, -0.1) is 0 Å². The smallest absolute Gasteiger partial charge is 0.318 e. The average molecular weight is 340 g/mol. The molecule has 2 amide bonds. The van der Waals surface area contributed by atoms with Crippen molar-refractivity contribution >= 4 is 16.1 Å². The molecule has 7 heteroatoms. The van der Waals surface area contributed by atoms with Crippen molar-refractivity contribution in [3.05, 3.63) is 29.8 Å². The monoisotopic (exact) mass is 340 g/mol. The highest BCUT2D eigenvalue weighted by molar-refractivity contribution is 7.87. The van der Waals surface area contributed by atoms with E-state index in [1.807, 2.05) is 19.9 Å². The second-order valence-corrected chi connectivity index (χ2v) is 7.86. The minimum Gasteiger partial charge on any atom is -0.382 e. The fraction of sp³-hybridized carbons (Fsp3) is 0.562. The zero-order valence-electron chi connectivity index (χ0n) is 13.8. The maximum atomic E-state index is 12.3. The number of hydrogen-bond donors (Lipinski definition) is 1. The number of para-hydroxylation sites is 1. The lowest BCUT2D eigenvalue weighted by Crippen LogP contribution is -2.43. The van der Waals surface area contributed by atoms with Gasteiger partial charge >= 0.3 is 16.1 Å². The maximum absolute atomic E-state index is 12.3. The molecule has 1 aromatic rings. The summed E-state index contributed by atoms with van der Waals surface area (Å²) in [6.45, 7) is 5.69. The number of nitrogens with zero attached hydrogens (tertiary/aromatic N) is 1. The Labute approximate surface area is 137 Å².